The van der Waals surface area contributed by atoms with Crippen LogP contribution in [-0.4, -0.2) is 36.6 Å². The highest BCUT2D eigenvalue weighted by Crippen LogP contribution is 2.17. The lowest BCUT2D eigenvalue weighted by Crippen LogP contribution is -2.39. The minimum Gasteiger partial charge on any atom is -0.468 e. The molecule has 2 N–H and O–H groups in total. The number of alkyl halides is 2. The Morgan fingerprint density at radius 3 is 2.57 bits per heavy atom. The summed E-state index contributed by atoms with van der Waals surface area (Å²) in [5, 5.41) is 0. The third kappa shape index (κ3) is 4.17. The second-order valence-electron chi connectivity index (χ2n) is 2.59. The van der Waals surface area contributed by atoms with E-state index in [1.54, 1.807) is 0 Å². The Kier molecular flexibility index (Phi) is 6.69. The molecule has 14 heavy (non-hydrogen) atoms. The maximum atomic E-state index is 12.2. The van der Waals surface area contributed by atoms with Crippen molar-refractivity contribution >= 4 is 17.7 Å². The van der Waals surface area contributed by atoms with Crippen LogP contribution in [-0.2, 0) is 9.53 Å². The fraction of sp³-hybridized carbons (Fsp3) is 0.857. The average Bonchev–Trinajstić information content (AvgIpc) is 2.17. The Morgan fingerprint density at radius 2 is 2.21 bits per heavy atom. The molecule has 7 heteroatoms. The van der Waals surface area contributed by atoms with E-state index in [-0.39, 0.29) is 10.8 Å². The van der Waals surface area contributed by atoms with Crippen molar-refractivity contribution < 1.29 is 18.3 Å². The zero-order valence-corrected chi connectivity index (χ0v) is 8.51. The van der Waals surface area contributed by atoms with Crippen LogP contribution >= 0.6 is 11.8 Å². The molecular weight excluding hydrogens is 218 g/mol. The Balaban J connectivity index is 4.30. The van der Waals surface area contributed by atoms with Crippen LogP contribution in [0.2, 0.25) is 0 Å². The van der Waals surface area contributed by atoms with E-state index in [4.69, 9.17) is 17.5 Å². The van der Waals surface area contributed by atoms with Gasteiger partial charge in [0.05, 0.1) is 7.11 Å². The van der Waals surface area contributed by atoms with Crippen molar-refractivity contribution in [2.75, 3.05) is 13.7 Å². The standard InChI is InChI=1S/C7H13ClF2N2O2/c1-14-6(13)5(3-2-4-11)12(8)7(9)10/h5,7H,2-4,11H2,1H3/t5-/m0/s1. The van der Waals surface area contributed by atoms with Crippen molar-refractivity contribution in [2.45, 2.75) is 25.4 Å². The molecule has 0 fully saturated rings. The van der Waals surface area contributed by atoms with E-state index in [1.807, 2.05) is 0 Å². The molecule has 0 radical (unpaired) electrons. The summed E-state index contributed by atoms with van der Waals surface area (Å²) in [5.41, 5.74) is 5.19. The lowest BCUT2D eigenvalue weighted by Gasteiger charge is -2.21. The first-order valence-corrected chi connectivity index (χ1v) is 4.38. The molecule has 0 aromatic carbocycles. The monoisotopic (exact) mass is 230 g/mol. The third-order valence-electron chi connectivity index (χ3n) is 1.64. The minimum atomic E-state index is -2.90. The predicted octanol–water partition coefficient (Wildman–Crippen LogP) is 0.945. The fourth-order valence-corrected chi connectivity index (χ4v) is 1.10. The summed E-state index contributed by atoms with van der Waals surface area (Å²) in [6.45, 7) is -2.60. The van der Waals surface area contributed by atoms with Crippen molar-refractivity contribution in [1.82, 2.24) is 4.42 Å². The Bertz CT molecular complexity index is 183. The van der Waals surface area contributed by atoms with Crippen LogP contribution in [0.25, 0.3) is 0 Å². The molecule has 0 saturated heterocycles. The van der Waals surface area contributed by atoms with E-state index in [0.717, 1.165) is 7.11 Å². The van der Waals surface area contributed by atoms with Crippen molar-refractivity contribution in [3.63, 3.8) is 0 Å². The van der Waals surface area contributed by atoms with E-state index in [2.05, 4.69) is 4.74 Å². The SMILES string of the molecule is COC(=O)[C@H](CCCN)N(Cl)C(F)F. The second kappa shape index (κ2) is 6.92. The first-order chi connectivity index (χ1) is 6.54. The zero-order chi connectivity index (χ0) is 11.1. The van der Waals surface area contributed by atoms with Gasteiger partial charge in [0.15, 0.2) is 0 Å². The smallest absolute Gasteiger partial charge is 0.324 e. The van der Waals surface area contributed by atoms with Gasteiger partial charge in [-0.3, -0.25) is 4.79 Å². The second-order valence-corrected chi connectivity index (χ2v) is 2.98. The third-order valence-corrected chi connectivity index (χ3v) is 2.02. The average molecular weight is 231 g/mol. The number of esters is 1. The van der Waals surface area contributed by atoms with Crippen LogP contribution in [0.3, 0.4) is 0 Å². The normalized spacial score (nSPS) is 13.4. The molecule has 0 aliphatic rings. The quantitative estimate of drug-likeness (QED) is 0.419. The number of methoxy groups -OCH3 is 1. The van der Waals surface area contributed by atoms with Gasteiger partial charge >= 0.3 is 12.5 Å². The summed E-state index contributed by atoms with van der Waals surface area (Å²) in [4.78, 5) is 11.0. The molecule has 0 rings (SSSR count). The first kappa shape index (κ1) is 13.5. The predicted molar refractivity (Wildman–Crippen MR) is 47.8 cm³/mol. The summed E-state index contributed by atoms with van der Waals surface area (Å²) >= 11 is 5.23. The molecule has 4 nitrogen and oxygen atoms in total. The molecular formula is C7H13ClF2N2O2. The van der Waals surface area contributed by atoms with Crippen molar-refractivity contribution in [1.29, 1.82) is 0 Å². The van der Waals surface area contributed by atoms with E-state index in [0.29, 0.717) is 13.0 Å². The molecule has 0 bridgehead atoms. The van der Waals surface area contributed by atoms with Crippen molar-refractivity contribution in [3.8, 4) is 0 Å². The zero-order valence-electron chi connectivity index (χ0n) is 7.75. The molecule has 0 saturated carbocycles. The number of carbonyl (C=O) groups excluding carboxylic acids is 1. The van der Waals surface area contributed by atoms with Crippen LogP contribution in [0, 0.1) is 0 Å². The summed E-state index contributed by atoms with van der Waals surface area (Å²) in [5.74, 6) is -0.784. The van der Waals surface area contributed by atoms with E-state index in [1.165, 1.54) is 0 Å². The van der Waals surface area contributed by atoms with Crippen LogP contribution < -0.4 is 5.73 Å². The topological polar surface area (TPSA) is 55.6 Å². The maximum Gasteiger partial charge on any atom is 0.324 e. The molecule has 0 aliphatic carbocycles. The molecule has 0 unspecified atom stereocenters. The fourth-order valence-electron chi connectivity index (χ4n) is 0.925. The van der Waals surface area contributed by atoms with E-state index < -0.39 is 18.6 Å². The molecule has 0 aliphatic heterocycles. The van der Waals surface area contributed by atoms with E-state index >= 15 is 0 Å². The van der Waals surface area contributed by atoms with Crippen LogP contribution in [0.4, 0.5) is 8.78 Å². The Hall–Kier alpha value is -0.460. The van der Waals surface area contributed by atoms with Gasteiger partial charge in [-0.05, 0) is 31.2 Å². The van der Waals surface area contributed by atoms with Gasteiger partial charge in [0.1, 0.15) is 6.04 Å². The summed E-state index contributed by atoms with van der Waals surface area (Å²) in [6, 6.07) is -1.15. The molecule has 0 aromatic rings. The number of hydrogen-bond donors (Lipinski definition) is 1. The van der Waals surface area contributed by atoms with Crippen molar-refractivity contribution in [2.24, 2.45) is 5.73 Å². The van der Waals surface area contributed by atoms with Gasteiger partial charge in [-0.15, -0.1) is 4.42 Å². The number of nitrogens with zero attached hydrogens (tertiary/aromatic N) is 1. The number of ether oxygens (including phenoxy) is 1. The van der Waals surface area contributed by atoms with Crippen LogP contribution in [0.5, 0.6) is 0 Å². The molecule has 0 heterocycles. The largest absolute Gasteiger partial charge is 0.468 e. The van der Waals surface area contributed by atoms with Gasteiger partial charge < -0.3 is 10.5 Å². The molecule has 1 atom stereocenters. The van der Waals surface area contributed by atoms with E-state index in [9.17, 15) is 13.6 Å². The Morgan fingerprint density at radius 1 is 1.64 bits per heavy atom. The number of halogens is 3. The maximum absolute atomic E-state index is 12.2. The highest BCUT2D eigenvalue weighted by Gasteiger charge is 2.30. The van der Waals surface area contributed by atoms with Gasteiger partial charge in [0, 0.05) is 0 Å². The lowest BCUT2D eigenvalue weighted by atomic mass is 10.1. The first-order valence-electron chi connectivity index (χ1n) is 4.04. The summed E-state index contributed by atoms with van der Waals surface area (Å²) in [6.07, 6.45) is 0.576. The van der Waals surface area contributed by atoms with Gasteiger partial charge in [-0.1, -0.05) is 0 Å². The van der Waals surface area contributed by atoms with Gasteiger partial charge in [0.25, 0.3) is 0 Å². The minimum absolute atomic E-state index is 0.150. The van der Waals surface area contributed by atoms with Crippen molar-refractivity contribution in [3.05, 3.63) is 0 Å². The highest BCUT2D eigenvalue weighted by atomic mass is 35.5. The van der Waals surface area contributed by atoms with Crippen LogP contribution in [0.15, 0.2) is 0 Å². The number of rotatable bonds is 6. The summed E-state index contributed by atoms with van der Waals surface area (Å²) < 4.78 is 28.8. The molecule has 0 aromatic heterocycles. The number of nitrogens with two attached hydrogens (primary N) is 1. The molecule has 84 valence electrons. The highest BCUT2D eigenvalue weighted by molar-refractivity contribution is 6.14. The number of carbonyl (C=O) groups is 1. The lowest BCUT2D eigenvalue weighted by molar-refractivity contribution is -0.149. The van der Waals surface area contributed by atoms with Crippen LogP contribution in [0.1, 0.15) is 12.8 Å². The summed E-state index contributed by atoms with van der Waals surface area (Å²) in [7, 11) is 1.12. The van der Waals surface area contributed by atoms with Gasteiger partial charge in [-0.2, -0.15) is 8.78 Å². The molecule has 0 amide bonds. The Labute approximate surface area is 86.0 Å². The van der Waals surface area contributed by atoms with Gasteiger partial charge in [0.2, 0.25) is 0 Å². The number of hydrogen-bond acceptors (Lipinski definition) is 4. The molecule has 0 spiro atoms. The van der Waals surface area contributed by atoms with Gasteiger partial charge in [-0.25, -0.2) is 0 Å².